The maximum Gasteiger partial charge on any atom is 0.196 e. The first-order chi connectivity index (χ1) is 11.8. The number of carbonyl (C=O) groups is 1. The highest BCUT2D eigenvalue weighted by Crippen LogP contribution is 2.33. The van der Waals surface area contributed by atoms with Gasteiger partial charge in [0.1, 0.15) is 30.8 Å². The zero-order valence-electron chi connectivity index (χ0n) is 13.1. The lowest BCUT2D eigenvalue weighted by atomic mass is 10.0. The molecule has 2 unspecified atom stereocenters. The maximum atomic E-state index is 12.8. The summed E-state index contributed by atoms with van der Waals surface area (Å²) in [5.74, 6) is 2.38. The zero-order chi connectivity index (χ0) is 16.4. The molecule has 2 aromatic carbocycles. The van der Waals surface area contributed by atoms with Crippen molar-refractivity contribution < 1.29 is 19.0 Å². The maximum absolute atomic E-state index is 12.8. The molecule has 2 atom stereocenters. The van der Waals surface area contributed by atoms with Gasteiger partial charge in [-0.25, -0.2) is 0 Å². The Bertz CT molecular complexity index is 723. The Balaban J connectivity index is 1.56. The molecule has 0 N–H and O–H groups in total. The van der Waals surface area contributed by atoms with Crippen molar-refractivity contribution in [1.29, 1.82) is 0 Å². The van der Waals surface area contributed by atoms with Crippen molar-refractivity contribution in [2.24, 2.45) is 0 Å². The molecule has 2 fully saturated rings. The monoisotopic (exact) mass is 342 g/mol. The first-order valence-electron chi connectivity index (χ1n) is 8.02. The number of hydrogen-bond acceptors (Lipinski definition) is 5. The Morgan fingerprint density at radius 1 is 1.12 bits per heavy atom. The van der Waals surface area contributed by atoms with Gasteiger partial charge in [-0.1, -0.05) is 30.3 Å². The quantitative estimate of drug-likeness (QED) is 0.545. The Morgan fingerprint density at radius 2 is 1.92 bits per heavy atom. The largest absolute Gasteiger partial charge is 0.491 e. The van der Waals surface area contributed by atoms with Gasteiger partial charge in [-0.2, -0.15) is 11.8 Å². The van der Waals surface area contributed by atoms with Crippen LogP contribution in [0.4, 0.5) is 0 Å². The molecule has 0 bridgehead atoms. The lowest BCUT2D eigenvalue weighted by Crippen LogP contribution is -2.10. The molecule has 5 heteroatoms. The third-order valence-corrected chi connectivity index (χ3v) is 4.84. The fourth-order valence-electron chi connectivity index (χ4n) is 2.34. The molecule has 4 nitrogen and oxygen atoms in total. The molecule has 24 heavy (non-hydrogen) atoms. The first kappa shape index (κ1) is 15.5. The number of rotatable bonds is 8. The molecule has 0 spiro atoms. The summed E-state index contributed by atoms with van der Waals surface area (Å²) >= 11 is 1.87. The van der Waals surface area contributed by atoms with Crippen LogP contribution >= 0.6 is 11.8 Å². The summed E-state index contributed by atoms with van der Waals surface area (Å²) in [4.78, 5) is 12.8. The van der Waals surface area contributed by atoms with Crippen LogP contribution in [0.1, 0.15) is 15.9 Å². The van der Waals surface area contributed by atoms with Gasteiger partial charge in [-0.05, 0) is 12.1 Å². The van der Waals surface area contributed by atoms with Crippen molar-refractivity contribution in [2.45, 2.75) is 11.4 Å². The summed E-state index contributed by atoms with van der Waals surface area (Å²) in [6.07, 6.45) is 0.197. The average Bonchev–Trinajstić information content (AvgIpc) is 3.53. The van der Waals surface area contributed by atoms with Gasteiger partial charge >= 0.3 is 0 Å². The van der Waals surface area contributed by atoms with Crippen molar-refractivity contribution in [3.63, 3.8) is 0 Å². The molecule has 0 aliphatic carbocycles. The molecule has 124 valence electrons. The molecule has 2 aliphatic rings. The van der Waals surface area contributed by atoms with Crippen LogP contribution in [0.5, 0.6) is 11.5 Å². The van der Waals surface area contributed by atoms with Crippen LogP contribution in [0.2, 0.25) is 0 Å². The lowest BCUT2D eigenvalue weighted by Gasteiger charge is -2.13. The van der Waals surface area contributed by atoms with E-state index >= 15 is 0 Å². The first-order valence-corrected chi connectivity index (χ1v) is 9.07. The summed E-state index contributed by atoms with van der Waals surface area (Å²) < 4.78 is 16.8. The molecule has 2 aromatic rings. The minimum atomic E-state index is -0.0360. The summed E-state index contributed by atoms with van der Waals surface area (Å²) in [6.45, 7) is 1.91. The summed E-state index contributed by atoms with van der Waals surface area (Å²) in [5, 5.41) is 0.536. The predicted octanol–water partition coefficient (Wildman–Crippen LogP) is 3.19. The van der Waals surface area contributed by atoms with Crippen molar-refractivity contribution in [1.82, 2.24) is 0 Å². The standard InChI is InChI=1S/C19H18O4S/c20-19(13-4-2-1-3-5-13)17-7-6-14(21-9-15-10-22-15)8-18(17)23-11-16-12-24-16/h1-8,15-16H,9-12H2. The molecule has 4 rings (SSSR count). The van der Waals surface area contributed by atoms with Gasteiger partial charge in [0.15, 0.2) is 5.78 Å². The van der Waals surface area contributed by atoms with Gasteiger partial charge in [0, 0.05) is 22.6 Å². The molecule has 0 amide bonds. The lowest BCUT2D eigenvalue weighted by molar-refractivity contribution is 0.103. The van der Waals surface area contributed by atoms with Crippen LogP contribution in [0.25, 0.3) is 0 Å². The van der Waals surface area contributed by atoms with E-state index in [-0.39, 0.29) is 11.9 Å². The molecular weight excluding hydrogens is 324 g/mol. The highest BCUT2D eigenvalue weighted by atomic mass is 32.2. The van der Waals surface area contributed by atoms with Crippen molar-refractivity contribution in [3.8, 4) is 11.5 Å². The second-order valence-electron chi connectivity index (χ2n) is 5.89. The van der Waals surface area contributed by atoms with E-state index in [1.165, 1.54) is 0 Å². The van der Waals surface area contributed by atoms with Gasteiger partial charge in [0.25, 0.3) is 0 Å². The Hall–Kier alpha value is -1.98. The van der Waals surface area contributed by atoms with Gasteiger partial charge in [-0.15, -0.1) is 0 Å². The van der Waals surface area contributed by atoms with E-state index in [0.29, 0.717) is 41.1 Å². The van der Waals surface area contributed by atoms with E-state index < -0.39 is 0 Å². The number of ether oxygens (including phenoxy) is 3. The number of hydrogen-bond donors (Lipinski definition) is 0. The minimum absolute atomic E-state index is 0.0360. The predicted molar refractivity (Wildman–Crippen MR) is 93.3 cm³/mol. The van der Waals surface area contributed by atoms with E-state index in [0.717, 1.165) is 12.4 Å². The van der Waals surface area contributed by atoms with Crippen molar-refractivity contribution in [2.75, 3.05) is 25.6 Å². The molecule has 2 heterocycles. The van der Waals surface area contributed by atoms with Crippen molar-refractivity contribution in [3.05, 3.63) is 59.7 Å². The Kier molecular flexibility index (Phi) is 4.45. The summed E-state index contributed by atoms with van der Waals surface area (Å²) in [5.41, 5.74) is 1.23. The van der Waals surface area contributed by atoms with Crippen molar-refractivity contribution >= 4 is 17.5 Å². The number of ketones is 1. The molecule has 2 saturated heterocycles. The molecule has 0 radical (unpaired) electrons. The van der Waals surface area contributed by atoms with E-state index in [1.807, 2.05) is 54.2 Å². The third kappa shape index (κ3) is 3.91. The van der Waals surface area contributed by atoms with E-state index in [4.69, 9.17) is 14.2 Å². The number of epoxide rings is 1. The smallest absolute Gasteiger partial charge is 0.196 e. The number of carbonyl (C=O) groups excluding carboxylic acids is 1. The third-order valence-electron chi connectivity index (χ3n) is 3.90. The van der Waals surface area contributed by atoms with Gasteiger partial charge in [0.05, 0.1) is 12.2 Å². The molecule has 0 aromatic heterocycles. The SMILES string of the molecule is O=C(c1ccccc1)c1ccc(OCC2CO2)cc1OCC1CS1. The second-order valence-corrected chi connectivity index (χ2v) is 7.22. The van der Waals surface area contributed by atoms with E-state index in [9.17, 15) is 4.79 Å². The van der Waals surface area contributed by atoms with Gasteiger partial charge in [-0.3, -0.25) is 4.79 Å². The fraction of sp³-hybridized carbons (Fsp3) is 0.316. The normalized spacial score (nSPS) is 21.2. The highest BCUT2D eigenvalue weighted by Gasteiger charge is 2.25. The van der Waals surface area contributed by atoms with Crippen LogP contribution in [-0.4, -0.2) is 42.7 Å². The van der Waals surface area contributed by atoms with E-state index in [2.05, 4.69) is 0 Å². The Labute approximate surface area is 145 Å². The number of thioether (sulfide) groups is 1. The topological polar surface area (TPSA) is 48.1 Å². The minimum Gasteiger partial charge on any atom is -0.491 e. The fourth-order valence-corrected chi connectivity index (χ4v) is 2.74. The van der Waals surface area contributed by atoms with Gasteiger partial charge in [0.2, 0.25) is 0 Å². The zero-order valence-corrected chi connectivity index (χ0v) is 14.0. The summed E-state index contributed by atoms with van der Waals surface area (Å²) in [7, 11) is 0. The van der Waals surface area contributed by atoms with Gasteiger partial charge < -0.3 is 14.2 Å². The number of benzene rings is 2. The Morgan fingerprint density at radius 3 is 2.62 bits per heavy atom. The highest BCUT2D eigenvalue weighted by molar-refractivity contribution is 8.06. The summed E-state index contributed by atoms with van der Waals surface area (Å²) in [6, 6.07) is 14.7. The van der Waals surface area contributed by atoms with Crippen LogP contribution in [0.15, 0.2) is 48.5 Å². The van der Waals surface area contributed by atoms with Crippen LogP contribution < -0.4 is 9.47 Å². The molecule has 2 aliphatic heterocycles. The second kappa shape index (κ2) is 6.87. The molecular formula is C19H18O4S. The van der Waals surface area contributed by atoms with Crippen LogP contribution in [0.3, 0.4) is 0 Å². The van der Waals surface area contributed by atoms with Crippen LogP contribution in [-0.2, 0) is 4.74 Å². The van der Waals surface area contributed by atoms with Crippen LogP contribution in [0, 0.1) is 0 Å². The van der Waals surface area contributed by atoms with E-state index in [1.54, 1.807) is 6.07 Å². The average molecular weight is 342 g/mol. The molecule has 0 saturated carbocycles.